The highest BCUT2D eigenvalue weighted by Gasteiger charge is 2.33. The molecule has 0 aromatic heterocycles. The average molecular weight is 240 g/mol. The second-order valence-electron chi connectivity index (χ2n) is 3.48. The molecule has 1 aliphatic rings. The Hall–Kier alpha value is 1.30. The summed E-state index contributed by atoms with van der Waals surface area (Å²) in [6.45, 7) is 4.53. The monoisotopic (exact) mass is 240 g/mol. The van der Waals surface area contributed by atoms with E-state index >= 15 is 0 Å². The number of rotatable bonds is 2. The summed E-state index contributed by atoms with van der Waals surface area (Å²) in [6, 6.07) is 0. The summed E-state index contributed by atoms with van der Waals surface area (Å²) in [5, 5.41) is 0. The Morgan fingerprint density at radius 2 is 1.25 bits per heavy atom. The second kappa shape index (κ2) is 4.22. The fourth-order valence-corrected chi connectivity index (χ4v) is 16.2. The van der Waals surface area contributed by atoms with Crippen LogP contribution >= 0.6 is 11.5 Å². The van der Waals surface area contributed by atoms with Crippen molar-refractivity contribution in [3.05, 3.63) is 0 Å². The third-order valence-electron chi connectivity index (χ3n) is 2.92. The minimum absolute atomic E-state index is 1.06. The van der Waals surface area contributed by atoms with Gasteiger partial charge in [0.2, 0.25) is 0 Å². The van der Waals surface area contributed by atoms with Gasteiger partial charge in [-0.05, 0) is 48.9 Å². The first-order valence-corrected chi connectivity index (χ1v) is 11.8. The largest absolute Gasteiger partial charge is 0.0919 e. The molecule has 0 spiro atoms. The molecule has 1 aliphatic heterocycles. The van der Waals surface area contributed by atoms with Gasteiger partial charge in [-0.2, -0.15) is 0 Å². The summed E-state index contributed by atoms with van der Waals surface area (Å²) in [6.07, 6.45) is 7.84. The molecule has 0 saturated carbocycles. The van der Waals surface area contributed by atoms with Crippen LogP contribution in [0.2, 0.25) is 0 Å². The number of hydrogen-bond donors (Lipinski definition) is 0. The van der Waals surface area contributed by atoms with Crippen LogP contribution in [0.1, 0.15) is 26.7 Å². The third kappa shape index (κ3) is 1.87. The Bertz CT molecular complexity index is 221. The first-order valence-electron chi connectivity index (χ1n) is 4.74. The molecule has 1 fully saturated rings. The maximum absolute atomic E-state index is 5.85. The molecule has 0 radical (unpaired) electrons. The highest BCUT2D eigenvalue weighted by molar-refractivity contribution is 8.66. The van der Waals surface area contributed by atoms with Crippen LogP contribution in [-0.4, -0.2) is 24.6 Å². The molecule has 0 bridgehead atoms. The van der Waals surface area contributed by atoms with Crippen LogP contribution in [-0.2, 0) is 23.6 Å². The molecule has 12 heavy (non-hydrogen) atoms. The quantitative estimate of drug-likeness (QED) is 0.675. The van der Waals surface area contributed by atoms with E-state index < -0.39 is 11.5 Å². The van der Waals surface area contributed by atoms with Gasteiger partial charge in [-0.1, -0.05) is 37.5 Å². The highest BCUT2D eigenvalue weighted by atomic mass is 32.8. The van der Waals surface area contributed by atoms with Gasteiger partial charge in [0.15, 0.2) is 0 Å². The molecule has 2 atom stereocenters. The minimum Gasteiger partial charge on any atom is -0.0919 e. The van der Waals surface area contributed by atoms with E-state index in [1.165, 1.54) is 37.5 Å². The summed E-state index contributed by atoms with van der Waals surface area (Å²) >= 11 is 11.7. The SMILES string of the molecule is CCP1(=S)CCCCP1(=S)CC. The molecule has 2 unspecified atom stereocenters. The highest BCUT2D eigenvalue weighted by Crippen LogP contribution is 2.83. The van der Waals surface area contributed by atoms with Gasteiger partial charge in [0.25, 0.3) is 0 Å². The maximum Gasteiger partial charge on any atom is -0.0132 e. The minimum atomic E-state index is -1.06. The molecule has 0 nitrogen and oxygen atoms in total. The van der Waals surface area contributed by atoms with Gasteiger partial charge in [0.1, 0.15) is 0 Å². The Morgan fingerprint density at radius 3 is 1.50 bits per heavy atom. The van der Waals surface area contributed by atoms with Crippen molar-refractivity contribution in [2.75, 3.05) is 24.6 Å². The third-order valence-corrected chi connectivity index (χ3v) is 24.3. The Labute approximate surface area is 86.4 Å². The normalized spacial score (nSPS) is 42.8. The fraction of sp³-hybridized carbons (Fsp3) is 1.00. The van der Waals surface area contributed by atoms with Gasteiger partial charge in [0, 0.05) is 0 Å². The number of hydrogen-bond acceptors (Lipinski definition) is 2. The molecule has 1 heterocycles. The topological polar surface area (TPSA) is 0 Å². The summed E-state index contributed by atoms with van der Waals surface area (Å²) in [5.74, 6) is 0. The Morgan fingerprint density at radius 1 is 0.917 bits per heavy atom. The zero-order chi connectivity index (χ0) is 9.24. The van der Waals surface area contributed by atoms with Crippen LogP contribution in [0.3, 0.4) is 0 Å². The van der Waals surface area contributed by atoms with Gasteiger partial charge >= 0.3 is 0 Å². The maximum atomic E-state index is 5.85. The van der Waals surface area contributed by atoms with E-state index in [9.17, 15) is 0 Å². The van der Waals surface area contributed by atoms with Crippen LogP contribution in [0.4, 0.5) is 0 Å². The van der Waals surface area contributed by atoms with E-state index in [2.05, 4.69) is 13.8 Å². The van der Waals surface area contributed by atoms with Crippen LogP contribution < -0.4 is 0 Å². The van der Waals surface area contributed by atoms with Crippen molar-refractivity contribution < 1.29 is 0 Å². The lowest BCUT2D eigenvalue weighted by Crippen LogP contribution is -2.06. The van der Waals surface area contributed by atoms with E-state index in [-0.39, 0.29) is 0 Å². The van der Waals surface area contributed by atoms with E-state index in [4.69, 9.17) is 23.6 Å². The van der Waals surface area contributed by atoms with Crippen molar-refractivity contribution in [2.24, 2.45) is 0 Å². The lowest BCUT2D eigenvalue weighted by Gasteiger charge is -2.37. The van der Waals surface area contributed by atoms with Gasteiger partial charge < -0.3 is 0 Å². The zero-order valence-electron chi connectivity index (χ0n) is 7.95. The van der Waals surface area contributed by atoms with Crippen molar-refractivity contribution >= 4 is 35.1 Å². The second-order valence-corrected chi connectivity index (χ2v) is 19.4. The molecule has 1 rings (SSSR count). The molecule has 0 aliphatic carbocycles. The summed E-state index contributed by atoms with van der Waals surface area (Å²) in [5.41, 5.74) is -2.11. The lowest BCUT2D eigenvalue weighted by molar-refractivity contribution is 0.888. The Balaban J connectivity index is 2.96. The van der Waals surface area contributed by atoms with Crippen LogP contribution in [0.25, 0.3) is 0 Å². The summed E-state index contributed by atoms with van der Waals surface area (Å²) in [4.78, 5) is 0. The first kappa shape index (κ1) is 11.4. The molecule has 0 aromatic carbocycles. The van der Waals surface area contributed by atoms with Crippen LogP contribution in [0.5, 0.6) is 0 Å². The van der Waals surface area contributed by atoms with E-state index in [1.807, 2.05) is 0 Å². The predicted molar refractivity (Wildman–Crippen MR) is 68.6 cm³/mol. The molecular weight excluding hydrogens is 222 g/mol. The summed E-state index contributed by atoms with van der Waals surface area (Å²) in [7, 11) is 0. The molecule has 4 heteroatoms. The molecule has 0 amide bonds. The van der Waals surface area contributed by atoms with Gasteiger partial charge in [-0.3, -0.25) is 0 Å². The molecular formula is C8H18P2S2. The zero-order valence-corrected chi connectivity index (χ0v) is 11.4. The average Bonchev–Trinajstić information content (AvgIpc) is 2.10. The van der Waals surface area contributed by atoms with E-state index in [0.29, 0.717) is 0 Å². The lowest BCUT2D eigenvalue weighted by atomic mass is 10.4. The van der Waals surface area contributed by atoms with Crippen molar-refractivity contribution in [1.82, 2.24) is 0 Å². The smallest absolute Gasteiger partial charge is 0.0132 e. The molecule has 72 valence electrons. The standard InChI is InChI=1S/C8H18P2S2/c1-3-9(11)7-5-6-8-10(9,12)4-2/h3-8H2,1-2H3. The van der Waals surface area contributed by atoms with Gasteiger partial charge in [0.05, 0.1) is 0 Å². The van der Waals surface area contributed by atoms with Crippen molar-refractivity contribution in [2.45, 2.75) is 26.7 Å². The van der Waals surface area contributed by atoms with E-state index in [1.54, 1.807) is 0 Å². The predicted octanol–water partition coefficient (Wildman–Crippen LogP) is 3.69. The van der Waals surface area contributed by atoms with Crippen molar-refractivity contribution in [3.63, 3.8) is 0 Å². The van der Waals surface area contributed by atoms with Crippen molar-refractivity contribution in [3.8, 4) is 0 Å². The van der Waals surface area contributed by atoms with Crippen molar-refractivity contribution in [1.29, 1.82) is 0 Å². The fourth-order valence-electron chi connectivity index (χ4n) is 1.91. The van der Waals surface area contributed by atoms with Crippen LogP contribution in [0, 0.1) is 0 Å². The molecule has 1 saturated heterocycles. The molecule has 0 aromatic rings. The van der Waals surface area contributed by atoms with Crippen LogP contribution in [0.15, 0.2) is 0 Å². The van der Waals surface area contributed by atoms with E-state index in [0.717, 1.165) is 0 Å². The first-order chi connectivity index (χ1) is 5.58. The van der Waals surface area contributed by atoms with Gasteiger partial charge in [-0.25, -0.2) is 0 Å². The summed E-state index contributed by atoms with van der Waals surface area (Å²) < 4.78 is 0. The van der Waals surface area contributed by atoms with Gasteiger partial charge in [-0.15, -0.1) is 0 Å². The molecule has 0 N–H and O–H groups in total. The Kier molecular flexibility index (Phi) is 4.00.